The van der Waals surface area contributed by atoms with E-state index < -0.39 is 0 Å². The van der Waals surface area contributed by atoms with E-state index in [-0.39, 0.29) is 56.9 Å². The zero-order chi connectivity index (χ0) is 31.8. The largest absolute Gasteiger partial charge is 0.349 e. The maximum absolute atomic E-state index is 12.3. The van der Waals surface area contributed by atoms with Crippen molar-refractivity contribution in [1.82, 2.24) is 9.80 Å². The van der Waals surface area contributed by atoms with Crippen molar-refractivity contribution in [3.05, 3.63) is 70.8 Å². The molecule has 5 heterocycles. The van der Waals surface area contributed by atoms with Crippen LogP contribution in [-0.4, -0.2) is 59.8 Å². The van der Waals surface area contributed by atoms with Gasteiger partial charge < -0.3 is 9.47 Å². The molecule has 13 heteroatoms. The van der Waals surface area contributed by atoms with Crippen LogP contribution in [0.5, 0.6) is 0 Å². The van der Waals surface area contributed by atoms with Gasteiger partial charge in [0.05, 0.1) is 13.2 Å². The van der Waals surface area contributed by atoms with Gasteiger partial charge in [0.15, 0.2) is 5.79 Å². The van der Waals surface area contributed by atoms with E-state index in [4.69, 9.17) is 9.47 Å². The molecule has 2 saturated carbocycles. The second-order valence-corrected chi connectivity index (χ2v) is 33.9. The van der Waals surface area contributed by atoms with E-state index >= 15 is 0 Å². The summed E-state index contributed by atoms with van der Waals surface area (Å²) in [5.74, 6) is 1.15. The van der Waals surface area contributed by atoms with Gasteiger partial charge in [0.2, 0.25) is 0 Å². The van der Waals surface area contributed by atoms with Gasteiger partial charge in [-0.1, -0.05) is 61.4 Å². The Bertz CT molecular complexity index is 1380. The van der Waals surface area contributed by atoms with Crippen LogP contribution >= 0.6 is 49.7 Å². The van der Waals surface area contributed by atoms with Crippen LogP contribution in [0.15, 0.2) is 48.5 Å². The Balaban J connectivity index is 0.000000158. The van der Waals surface area contributed by atoms with Crippen LogP contribution < -0.4 is 0 Å². The summed E-state index contributed by atoms with van der Waals surface area (Å²) in [5.41, 5.74) is 5.94. The summed E-state index contributed by atoms with van der Waals surface area (Å²) in [4.78, 5) is 17.7. The Morgan fingerprint density at radius 1 is 0.688 bits per heavy atom. The molecule has 48 heavy (non-hydrogen) atoms. The molecule has 1 spiro atoms. The first-order valence-corrected chi connectivity index (χ1v) is 27.3. The number of rotatable bonds is 1. The molecule has 0 bridgehead atoms. The molecule has 2 aliphatic carbocycles. The number of piperidine rings is 2. The third-order valence-corrected chi connectivity index (χ3v) is 33.2. The summed E-state index contributed by atoms with van der Waals surface area (Å²) in [7, 11) is 11.2. The zero-order valence-corrected chi connectivity index (χ0v) is 37.1. The molecule has 2 aromatic rings. The number of carbonyl (C=O) groups excluding carboxylic acids is 1. The van der Waals surface area contributed by atoms with Crippen LogP contribution in [0.2, 0.25) is 0 Å². The molecule has 0 amide bonds. The first-order chi connectivity index (χ1) is 22.4. The maximum atomic E-state index is 12.3. The minimum absolute atomic E-state index is 0. The zero-order valence-electron chi connectivity index (χ0n) is 27.9. The number of ketones is 1. The van der Waals surface area contributed by atoms with Crippen LogP contribution in [-0.2, 0) is 64.2 Å². The van der Waals surface area contributed by atoms with Gasteiger partial charge in [-0.3, -0.25) is 14.6 Å². The number of fused-ring (bicyclic) bond motifs is 11. The van der Waals surface area contributed by atoms with E-state index in [1.54, 1.807) is 0 Å². The van der Waals surface area contributed by atoms with Crippen LogP contribution in [0.25, 0.3) is 0 Å². The quantitative estimate of drug-likeness (QED) is 0.269. The second-order valence-electron chi connectivity index (χ2n) is 14.1. The molecule has 0 aromatic heterocycles. The monoisotopic (exact) mass is 836 g/mol. The Morgan fingerprint density at radius 3 is 1.85 bits per heavy atom. The van der Waals surface area contributed by atoms with E-state index in [1.807, 2.05) is 0 Å². The molecule has 7 aliphatic rings. The molecule has 10 unspecified atom stereocenters. The molecular weight excluding hydrogens is 784 g/mol. The van der Waals surface area contributed by atoms with Crippen molar-refractivity contribution in [2.45, 2.75) is 101 Å². The van der Waals surface area contributed by atoms with E-state index in [0.29, 0.717) is 41.8 Å². The standard InChI is InChI=1S/C19H25NO2.C16H19NO.H8P6.2V/c1-2-6-15-14(5-1)9-10-20-17-8-3-7-16(17)19(13-18(15)20)21-11-4-12-22-19;18-16-10-15-12-5-2-1-4-11(12)8-9-17(15)14-7-3-6-13(14)16;1-5(2)6(3)4;;/h1-2,5-6,16-18H,3-4,7-13H2;1-2,4-5,13-15H,3,6-10H2;1-4H2;;. The fraction of sp³-hybridized carbons (Fsp3) is 0.629. The van der Waals surface area contributed by atoms with Crippen molar-refractivity contribution >= 4 is 55.5 Å². The van der Waals surface area contributed by atoms with Crippen LogP contribution in [0.4, 0.5) is 0 Å². The summed E-state index contributed by atoms with van der Waals surface area (Å²) in [6.45, 7) is 4.43. The topological polar surface area (TPSA) is 42.0 Å². The molecule has 5 nitrogen and oxygen atoms in total. The summed E-state index contributed by atoms with van der Waals surface area (Å²) in [6, 6.07) is 19.8. The molecule has 10 atom stereocenters. The SMILES string of the molecule is O=C1CC2c3ccccc3CCN2C2CCCC12.PP(P)P(P)P.[V].[V].c1ccc2c(c1)CCN1C2CC2(OCCCO2)C2CCCC21. The molecule has 2 radical (unpaired) electrons. The van der Waals surface area contributed by atoms with Gasteiger partial charge in [-0.2, -0.15) is 0 Å². The average molecular weight is 837 g/mol. The van der Waals surface area contributed by atoms with Crippen molar-refractivity contribution in [3.63, 3.8) is 0 Å². The van der Waals surface area contributed by atoms with Gasteiger partial charge in [0, 0.05) is 99.0 Å². The number of hydrogen-bond donors (Lipinski definition) is 0. The van der Waals surface area contributed by atoms with Crippen LogP contribution in [0.1, 0.15) is 92.1 Å². The number of ether oxygens (including phenoxy) is 2. The molecule has 3 saturated heterocycles. The van der Waals surface area contributed by atoms with Gasteiger partial charge in [-0.15, -0.1) is 35.7 Å². The summed E-state index contributed by atoms with van der Waals surface area (Å²) >= 11 is 0. The van der Waals surface area contributed by atoms with E-state index in [0.717, 1.165) is 51.9 Å². The van der Waals surface area contributed by atoms with E-state index in [1.165, 1.54) is 67.3 Å². The first kappa shape index (κ1) is 40.9. The number of benzene rings is 2. The molecule has 9 rings (SSSR count). The second kappa shape index (κ2) is 18.4. The predicted molar refractivity (Wildman–Crippen MR) is 208 cm³/mol. The van der Waals surface area contributed by atoms with Crippen molar-refractivity contribution in [2.75, 3.05) is 26.3 Å². The number of hydrogen-bond acceptors (Lipinski definition) is 5. The van der Waals surface area contributed by atoms with E-state index in [2.05, 4.69) is 94.0 Å². The van der Waals surface area contributed by atoms with Gasteiger partial charge in [0.25, 0.3) is 0 Å². The van der Waals surface area contributed by atoms with Crippen LogP contribution in [0, 0.1) is 11.8 Å². The number of nitrogens with zero attached hydrogens (tertiary/aromatic N) is 2. The van der Waals surface area contributed by atoms with E-state index in [9.17, 15) is 4.79 Å². The van der Waals surface area contributed by atoms with Crippen molar-refractivity contribution in [2.24, 2.45) is 11.8 Å². The number of Topliss-reactive ketones (excluding diaryl/α,β-unsaturated/α-hetero) is 1. The average Bonchev–Trinajstić information content (AvgIpc) is 3.78. The van der Waals surface area contributed by atoms with Gasteiger partial charge in [0.1, 0.15) is 5.78 Å². The summed E-state index contributed by atoms with van der Waals surface area (Å²) < 4.78 is 12.7. The molecule has 260 valence electrons. The number of carbonyl (C=O) groups is 1. The molecular formula is C35H52N2O3P6V2. The molecule has 0 N–H and O–H groups in total. The molecule has 5 fully saturated rings. The minimum atomic E-state index is -0.301. The third-order valence-electron chi connectivity index (χ3n) is 11.8. The minimum Gasteiger partial charge on any atom is -0.349 e. The third kappa shape index (κ3) is 8.49. The van der Waals surface area contributed by atoms with Gasteiger partial charge in [-0.25, -0.2) is 0 Å². The maximum Gasteiger partial charge on any atom is 0.174 e. The fourth-order valence-corrected chi connectivity index (χ4v) is 9.84. The molecule has 5 aliphatic heterocycles. The summed E-state index contributed by atoms with van der Waals surface area (Å²) in [6.07, 6.45) is 12.7. The van der Waals surface area contributed by atoms with Crippen LogP contribution in [0.3, 0.4) is 0 Å². The Labute approximate surface area is 324 Å². The van der Waals surface area contributed by atoms with Gasteiger partial charge >= 0.3 is 0 Å². The first-order valence-electron chi connectivity index (χ1n) is 17.4. The van der Waals surface area contributed by atoms with Crippen molar-refractivity contribution < 1.29 is 51.4 Å². The fourth-order valence-electron chi connectivity index (χ4n) is 9.84. The van der Waals surface area contributed by atoms with Gasteiger partial charge in [-0.05, 0) is 81.2 Å². The van der Waals surface area contributed by atoms with Crippen molar-refractivity contribution in [1.29, 1.82) is 0 Å². The smallest absolute Gasteiger partial charge is 0.174 e. The normalized spacial score (nSPS) is 31.2. The Hall–Kier alpha value is 1.70. The Kier molecular flexibility index (Phi) is 15.6. The van der Waals surface area contributed by atoms with Crippen molar-refractivity contribution in [3.8, 4) is 0 Å². The Morgan fingerprint density at radius 2 is 1.23 bits per heavy atom. The predicted octanol–water partition coefficient (Wildman–Crippen LogP) is 9.04. The molecule has 2 aromatic carbocycles. The summed E-state index contributed by atoms with van der Waals surface area (Å²) in [5, 5.41) is 0.